The van der Waals surface area contributed by atoms with Crippen LogP contribution in [0.5, 0.6) is 0 Å². The molecule has 0 aliphatic rings. The summed E-state index contributed by atoms with van der Waals surface area (Å²) < 4.78 is 13.1. The number of rotatable bonds is 5. The number of carbonyl (C=O) groups is 1. The van der Waals surface area contributed by atoms with Gasteiger partial charge in [0.25, 0.3) is 5.91 Å². The molecule has 0 aliphatic heterocycles. The molecule has 4 N–H and O–H groups in total. The van der Waals surface area contributed by atoms with E-state index >= 15 is 0 Å². The van der Waals surface area contributed by atoms with Crippen LogP contribution in [-0.2, 0) is 0 Å². The molecule has 17 heavy (non-hydrogen) atoms. The van der Waals surface area contributed by atoms with Gasteiger partial charge in [0.1, 0.15) is 5.82 Å². The topological polar surface area (TPSA) is 75.3 Å². The Kier molecular flexibility index (Phi) is 4.90. The van der Waals surface area contributed by atoms with E-state index in [0.29, 0.717) is 19.4 Å². The van der Waals surface area contributed by atoms with E-state index in [4.69, 9.17) is 5.73 Å². The first-order valence-corrected chi connectivity index (χ1v) is 5.56. The summed E-state index contributed by atoms with van der Waals surface area (Å²) in [6.07, 6.45) is 0.676. The Balaban J connectivity index is 2.56. The number of para-hydroxylation sites is 1. The number of anilines is 1. The summed E-state index contributed by atoms with van der Waals surface area (Å²) in [5.41, 5.74) is 5.43. The molecule has 1 aromatic rings. The number of nitrogens with one attached hydrogen (secondary N) is 1. The number of benzene rings is 1. The van der Waals surface area contributed by atoms with Crippen LogP contribution in [0.1, 0.15) is 30.1 Å². The fourth-order valence-corrected chi connectivity index (χ4v) is 1.39. The standard InChI is InChI=1S/C12H17FN2O2/c1-2-8(16)6-7-15-12(17)9-4-3-5-10(13)11(9)14/h3-5,8,16H,2,6-7,14H2,1H3,(H,15,17). The van der Waals surface area contributed by atoms with Gasteiger partial charge < -0.3 is 16.2 Å². The van der Waals surface area contributed by atoms with Crippen LogP contribution in [0.3, 0.4) is 0 Å². The molecule has 94 valence electrons. The van der Waals surface area contributed by atoms with Crippen LogP contribution >= 0.6 is 0 Å². The molecule has 0 spiro atoms. The molecule has 0 heterocycles. The van der Waals surface area contributed by atoms with Gasteiger partial charge in [0, 0.05) is 6.54 Å². The molecule has 0 saturated heterocycles. The normalized spacial score (nSPS) is 12.2. The van der Waals surface area contributed by atoms with Gasteiger partial charge in [0.05, 0.1) is 17.4 Å². The summed E-state index contributed by atoms with van der Waals surface area (Å²) in [6, 6.07) is 4.10. The lowest BCUT2D eigenvalue weighted by molar-refractivity contribution is 0.0942. The quantitative estimate of drug-likeness (QED) is 0.679. The largest absolute Gasteiger partial charge is 0.396 e. The Morgan fingerprint density at radius 2 is 2.29 bits per heavy atom. The number of nitrogens with two attached hydrogens (primary N) is 1. The number of aliphatic hydroxyl groups is 1. The van der Waals surface area contributed by atoms with Gasteiger partial charge in [-0.15, -0.1) is 0 Å². The molecule has 0 radical (unpaired) electrons. The second kappa shape index (κ2) is 6.20. The molecule has 0 saturated carbocycles. The SMILES string of the molecule is CCC(O)CCNC(=O)c1cccc(F)c1N. The van der Waals surface area contributed by atoms with Crippen LogP contribution in [-0.4, -0.2) is 23.7 Å². The second-order valence-corrected chi connectivity index (χ2v) is 3.81. The lowest BCUT2D eigenvalue weighted by atomic mass is 10.1. The number of hydrogen-bond acceptors (Lipinski definition) is 3. The van der Waals surface area contributed by atoms with E-state index in [2.05, 4.69) is 5.32 Å². The van der Waals surface area contributed by atoms with E-state index in [1.165, 1.54) is 18.2 Å². The van der Waals surface area contributed by atoms with Gasteiger partial charge in [0.15, 0.2) is 0 Å². The minimum absolute atomic E-state index is 0.121. The van der Waals surface area contributed by atoms with Crippen molar-refractivity contribution in [1.29, 1.82) is 0 Å². The van der Waals surface area contributed by atoms with Crippen LogP contribution in [0.4, 0.5) is 10.1 Å². The average Bonchev–Trinajstić information content (AvgIpc) is 2.32. The first-order chi connectivity index (χ1) is 8.06. The molecule has 0 aromatic heterocycles. The third kappa shape index (κ3) is 3.71. The highest BCUT2D eigenvalue weighted by atomic mass is 19.1. The van der Waals surface area contributed by atoms with E-state index in [-0.39, 0.29) is 11.3 Å². The maximum Gasteiger partial charge on any atom is 0.253 e. The van der Waals surface area contributed by atoms with Gasteiger partial charge in [-0.3, -0.25) is 4.79 Å². The lowest BCUT2D eigenvalue weighted by Gasteiger charge is -2.10. The van der Waals surface area contributed by atoms with Gasteiger partial charge in [-0.25, -0.2) is 4.39 Å². The Bertz CT molecular complexity index is 396. The minimum Gasteiger partial charge on any atom is -0.396 e. The molecular weight excluding hydrogens is 223 g/mol. The van der Waals surface area contributed by atoms with E-state index in [0.717, 1.165) is 0 Å². The Morgan fingerprint density at radius 1 is 1.59 bits per heavy atom. The molecule has 1 rings (SSSR count). The number of hydrogen-bond donors (Lipinski definition) is 3. The van der Waals surface area contributed by atoms with E-state index in [1.807, 2.05) is 6.92 Å². The molecule has 0 fully saturated rings. The lowest BCUT2D eigenvalue weighted by Crippen LogP contribution is -2.27. The molecule has 1 atom stereocenters. The van der Waals surface area contributed by atoms with E-state index in [9.17, 15) is 14.3 Å². The second-order valence-electron chi connectivity index (χ2n) is 3.81. The molecule has 1 aromatic carbocycles. The van der Waals surface area contributed by atoms with Crippen molar-refractivity contribution < 1.29 is 14.3 Å². The Hall–Kier alpha value is -1.62. The summed E-state index contributed by atoms with van der Waals surface area (Å²) in [5, 5.41) is 11.9. The zero-order valence-corrected chi connectivity index (χ0v) is 9.74. The van der Waals surface area contributed by atoms with Crippen molar-refractivity contribution in [1.82, 2.24) is 5.32 Å². The van der Waals surface area contributed by atoms with Gasteiger partial charge in [-0.1, -0.05) is 13.0 Å². The van der Waals surface area contributed by atoms with Crippen molar-refractivity contribution in [3.63, 3.8) is 0 Å². The van der Waals surface area contributed by atoms with Crippen molar-refractivity contribution in [2.75, 3.05) is 12.3 Å². The van der Waals surface area contributed by atoms with Crippen molar-refractivity contribution in [3.8, 4) is 0 Å². The minimum atomic E-state index is -0.605. The fraction of sp³-hybridized carbons (Fsp3) is 0.417. The fourth-order valence-electron chi connectivity index (χ4n) is 1.39. The highest BCUT2D eigenvalue weighted by Crippen LogP contribution is 2.15. The molecule has 1 unspecified atom stereocenters. The smallest absolute Gasteiger partial charge is 0.253 e. The van der Waals surface area contributed by atoms with Crippen molar-refractivity contribution in [2.45, 2.75) is 25.9 Å². The van der Waals surface area contributed by atoms with Crippen LogP contribution in [0, 0.1) is 5.82 Å². The van der Waals surface area contributed by atoms with Crippen LogP contribution in [0.2, 0.25) is 0 Å². The third-order valence-corrected chi connectivity index (χ3v) is 2.53. The van der Waals surface area contributed by atoms with Gasteiger partial charge >= 0.3 is 0 Å². The third-order valence-electron chi connectivity index (χ3n) is 2.53. The van der Waals surface area contributed by atoms with E-state index in [1.54, 1.807) is 0 Å². The van der Waals surface area contributed by atoms with Crippen LogP contribution < -0.4 is 11.1 Å². The number of amides is 1. The first kappa shape index (κ1) is 13.4. The Labute approximate surface area is 99.6 Å². The number of halogens is 1. The Morgan fingerprint density at radius 3 is 2.94 bits per heavy atom. The highest BCUT2D eigenvalue weighted by Gasteiger charge is 2.12. The predicted octanol–water partition coefficient (Wildman–Crippen LogP) is 1.30. The molecule has 1 amide bonds. The summed E-state index contributed by atoms with van der Waals surface area (Å²) in [4.78, 5) is 11.6. The van der Waals surface area contributed by atoms with Crippen molar-refractivity contribution in [3.05, 3.63) is 29.6 Å². The maximum absolute atomic E-state index is 13.1. The predicted molar refractivity (Wildman–Crippen MR) is 64.1 cm³/mol. The zero-order valence-electron chi connectivity index (χ0n) is 9.74. The summed E-state index contributed by atoms with van der Waals surface area (Å²) in [7, 11) is 0. The molecule has 0 bridgehead atoms. The van der Waals surface area contributed by atoms with E-state index < -0.39 is 17.8 Å². The monoisotopic (exact) mass is 240 g/mol. The van der Waals surface area contributed by atoms with Crippen molar-refractivity contribution >= 4 is 11.6 Å². The highest BCUT2D eigenvalue weighted by molar-refractivity contribution is 5.99. The molecular formula is C12H17FN2O2. The number of carbonyl (C=O) groups excluding carboxylic acids is 1. The summed E-state index contributed by atoms with van der Waals surface area (Å²) in [6.45, 7) is 2.20. The van der Waals surface area contributed by atoms with Crippen molar-refractivity contribution in [2.24, 2.45) is 0 Å². The number of nitrogen functional groups attached to an aromatic ring is 1. The van der Waals surface area contributed by atoms with Crippen LogP contribution in [0.15, 0.2) is 18.2 Å². The first-order valence-electron chi connectivity index (χ1n) is 5.56. The van der Waals surface area contributed by atoms with Crippen LogP contribution in [0.25, 0.3) is 0 Å². The maximum atomic E-state index is 13.1. The average molecular weight is 240 g/mol. The van der Waals surface area contributed by atoms with Gasteiger partial charge in [0.2, 0.25) is 0 Å². The van der Waals surface area contributed by atoms with Gasteiger partial charge in [-0.2, -0.15) is 0 Å². The molecule has 0 aliphatic carbocycles. The zero-order chi connectivity index (χ0) is 12.8. The number of aliphatic hydroxyl groups excluding tert-OH is 1. The molecule has 4 nitrogen and oxygen atoms in total. The van der Waals surface area contributed by atoms with Gasteiger partial charge in [-0.05, 0) is 25.0 Å². The summed E-state index contributed by atoms with van der Waals surface area (Å²) in [5.74, 6) is -1.03. The molecule has 5 heteroatoms. The summed E-state index contributed by atoms with van der Waals surface area (Å²) >= 11 is 0.